The Kier molecular flexibility index (Phi) is 5.87. The zero-order valence-corrected chi connectivity index (χ0v) is 17.3. The number of amides is 2. The third kappa shape index (κ3) is 4.09. The van der Waals surface area contributed by atoms with Gasteiger partial charge in [-0.15, -0.1) is 6.58 Å². The highest BCUT2D eigenvalue weighted by molar-refractivity contribution is 6.36. The van der Waals surface area contributed by atoms with E-state index in [1.54, 1.807) is 18.2 Å². The molecule has 5 nitrogen and oxygen atoms in total. The lowest BCUT2D eigenvalue weighted by Gasteiger charge is -2.14. The molecule has 0 unspecified atom stereocenters. The largest absolute Gasteiger partial charge is 0.491 e. The van der Waals surface area contributed by atoms with Crippen molar-refractivity contribution in [2.75, 3.05) is 11.9 Å². The Morgan fingerprint density at radius 2 is 1.76 bits per heavy atom. The van der Waals surface area contributed by atoms with Crippen LogP contribution in [0.1, 0.15) is 30.5 Å². The maximum absolute atomic E-state index is 13.0. The van der Waals surface area contributed by atoms with Gasteiger partial charge in [0.1, 0.15) is 11.4 Å². The summed E-state index contributed by atoms with van der Waals surface area (Å²) in [6.07, 6.45) is 1.60. The van der Waals surface area contributed by atoms with Crippen molar-refractivity contribution in [2.45, 2.75) is 33.8 Å². The number of nitrogens with one attached hydrogen (secondary N) is 1. The third-order valence-electron chi connectivity index (χ3n) is 4.86. The molecule has 1 aliphatic heterocycles. The molecule has 1 aliphatic rings. The molecule has 0 saturated heterocycles. The normalized spacial score (nSPS) is 14.0. The molecule has 2 aromatic rings. The van der Waals surface area contributed by atoms with E-state index in [1.165, 1.54) is 4.90 Å². The van der Waals surface area contributed by atoms with Crippen LogP contribution >= 0.6 is 0 Å². The molecule has 0 saturated carbocycles. The van der Waals surface area contributed by atoms with Gasteiger partial charge >= 0.3 is 0 Å². The molecule has 5 heteroatoms. The Morgan fingerprint density at radius 3 is 2.38 bits per heavy atom. The number of aryl methyl sites for hydroxylation is 1. The van der Waals surface area contributed by atoms with E-state index in [1.807, 2.05) is 58.0 Å². The number of anilines is 1. The second-order valence-electron chi connectivity index (χ2n) is 7.32. The molecule has 150 valence electrons. The van der Waals surface area contributed by atoms with Crippen molar-refractivity contribution in [3.05, 3.63) is 77.5 Å². The molecule has 0 fully saturated rings. The number of nitrogens with zero attached hydrogens (tertiary/aromatic N) is 1. The van der Waals surface area contributed by atoms with Gasteiger partial charge in [0, 0.05) is 12.2 Å². The van der Waals surface area contributed by atoms with Crippen molar-refractivity contribution in [3.63, 3.8) is 0 Å². The van der Waals surface area contributed by atoms with Gasteiger partial charge in [-0.25, -0.2) is 0 Å². The predicted octanol–water partition coefficient (Wildman–Crippen LogP) is 4.47. The van der Waals surface area contributed by atoms with E-state index in [0.29, 0.717) is 16.9 Å². The molecule has 0 spiro atoms. The van der Waals surface area contributed by atoms with Gasteiger partial charge in [0.15, 0.2) is 0 Å². The SMILES string of the molecule is C=CCN1C(=O)C(Nc2cccc(C)c2C)=C(c2ccc(OC(C)C)cc2)C1=O. The summed E-state index contributed by atoms with van der Waals surface area (Å²) in [6, 6.07) is 13.1. The standard InChI is InChI=1S/C24H26N2O3/c1-6-14-26-23(27)21(18-10-12-19(13-11-18)29-15(2)3)22(24(26)28)25-20-9-7-8-16(4)17(20)5/h6-13,15,25H,1,14H2,2-5H3. The molecular weight excluding hydrogens is 364 g/mol. The van der Waals surface area contributed by atoms with Gasteiger partial charge in [0.25, 0.3) is 11.8 Å². The Hall–Kier alpha value is -3.34. The van der Waals surface area contributed by atoms with E-state index in [9.17, 15) is 9.59 Å². The first-order valence-corrected chi connectivity index (χ1v) is 9.65. The van der Waals surface area contributed by atoms with Gasteiger partial charge in [-0.3, -0.25) is 14.5 Å². The van der Waals surface area contributed by atoms with Crippen molar-refractivity contribution in [1.82, 2.24) is 4.90 Å². The number of benzene rings is 2. The molecule has 2 amide bonds. The van der Waals surface area contributed by atoms with Gasteiger partial charge in [-0.1, -0.05) is 30.3 Å². The van der Waals surface area contributed by atoms with Gasteiger partial charge < -0.3 is 10.1 Å². The minimum atomic E-state index is -0.353. The highest BCUT2D eigenvalue weighted by Gasteiger charge is 2.38. The lowest BCUT2D eigenvalue weighted by atomic mass is 10.0. The monoisotopic (exact) mass is 390 g/mol. The summed E-state index contributed by atoms with van der Waals surface area (Å²) in [5.74, 6) is 0.0293. The van der Waals surface area contributed by atoms with Gasteiger partial charge in [0.2, 0.25) is 0 Å². The minimum Gasteiger partial charge on any atom is -0.491 e. The van der Waals surface area contributed by atoms with Gasteiger partial charge in [-0.05, 0) is 62.6 Å². The number of imide groups is 1. The second kappa shape index (κ2) is 8.35. The minimum absolute atomic E-state index is 0.0550. The fourth-order valence-electron chi connectivity index (χ4n) is 3.25. The lowest BCUT2D eigenvalue weighted by Crippen LogP contribution is -2.32. The average molecular weight is 390 g/mol. The van der Waals surface area contributed by atoms with E-state index in [0.717, 1.165) is 16.8 Å². The second-order valence-corrected chi connectivity index (χ2v) is 7.32. The predicted molar refractivity (Wildman–Crippen MR) is 116 cm³/mol. The third-order valence-corrected chi connectivity index (χ3v) is 4.86. The molecular formula is C24H26N2O3. The van der Waals surface area contributed by atoms with Crippen molar-refractivity contribution in [1.29, 1.82) is 0 Å². The fraction of sp³-hybridized carbons (Fsp3) is 0.250. The van der Waals surface area contributed by atoms with Gasteiger partial charge in [-0.2, -0.15) is 0 Å². The highest BCUT2D eigenvalue weighted by Crippen LogP contribution is 2.32. The number of ether oxygens (including phenoxy) is 1. The molecule has 29 heavy (non-hydrogen) atoms. The van der Waals surface area contributed by atoms with Crippen LogP contribution in [0.5, 0.6) is 5.75 Å². The van der Waals surface area contributed by atoms with Crippen LogP contribution in [0.2, 0.25) is 0 Å². The molecule has 0 aromatic heterocycles. The Morgan fingerprint density at radius 1 is 1.07 bits per heavy atom. The van der Waals surface area contributed by atoms with Crippen LogP contribution in [0.4, 0.5) is 5.69 Å². The summed E-state index contributed by atoms with van der Waals surface area (Å²) in [7, 11) is 0. The number of carbonyl (C=O) groups is 2. The van der Waals surface area contributed by atoms with Crippen molar-refractivity contribution < 1.29 is 14.3 Å². The zero-order valence-electron chi connectivity index (χ0n) is 17.3. The Labute approximate surface area is 171 Å². The quantitative estimate of drug-likeness (QED) is 0.560. The number of hydrogen-bond donors (Lipinski definition) is 1. The van der Waals surface area contributed by atoms with Crippen LogP contribution in [0.3, 0.4) is 0 Å². The molecule has 0 bridgehead atoms. The van der Waals surface area contributed by atoms with Crippen molar-refractivity contribution in [3.8, 4) is 5.75 Å². The maximum atomic E-state index is 13.0. The highest BCUT2D eigenvalue weighted by atomic mass is 16.5. The molecule has 2 aromatic carbocycles. The molecule has 1 heterocycles. The first-order chi connectivity index (χ1) is 13.8. The summed E-state index contributed by atoms with van der Waals surface area (Å²) < 4.78 is 5.68. The summed E-state index contributed by atoms with van der Waals surface area (Å²) in [4.78, 5) is 27.3. The average Bonchev–Trinajstić information content (AvgIpc) is 2.90. The molecule has 3 rings (SSSR count). The number of carbonyl (C=O) groups excluding carboxylic acids is 2. The molecule has 0 atom stereocenters. The first-order valence-electron chi connectivity index (χ1n) is 9.65. The Bertz CT molecular complexity index is 988. The van der Waals surface area contributed by atoms with Crippen LogP contribution in [0, 0.1) is 13.8 Å². The lowest BCUT2D eigenvalue weighted by molar-refractivity contribution is -0.136. The van der Waals surface area contributed by atoms with Crippen LogP contribution in [0.25, 0.3) is 5.57 Å². The van der Waals surface area contributed by atoms with Crippen LogP contribution < -0.4 is 10.1 Å². The molecule has 0 aliphatic carbocycles. The molecule has 1 N–H and O–H groups in total. The smallest absolute Gasteiger partial charge is 0.278 e. The summed E-state index contributed by atoms with van der Waals surface area (Å²) in [5.41, 5.74) is 4.24. The maximum Gasteiger partial charge on any atom is 0.278 e. The van der Waals surface area contributed by atoms with E-state index in [4.69, 9.17) is 4.74 Å². The number of rotatable bonds is 7. The molecule has 0 radical (unpaired) electrons. The van der Waals surface area contributed by atoms with Crippen LogP contribution in [-0.2, 0) is 9.59 Å². The van der Waals surface area contributed by atoms with E-state index < -0.39 is 0 Å². The van der Waals surface area contributed by atoms with Gasteiger partial charge in [0.05, 0.1) is 11.7 Å². The summed E-state index contributed by atoms with van der Waals surface area (Å²) >= 11 is 0. The summed E-state index contributed by atoms with van der Waals surface area (Å²) in [6.45, 7) is 11.7. The first kappa shape index (κ1) is 20.4. The fourth-order valence-corrected chi connectivity index (χ4v) is 3.25. The van der Waals surface area contributed by atoms with Crippen molar-refractivity contribution in [2.24, 2.45) is 0 Å². The topological polar surface area (TPSA) is 58.6 Å². The van der Waals surface area contributed by atoms with Crippen molar-refractivity contribution >= 4 is 23.1 Å². The van der Waals surface area contributed by atoms with E-state index in [2.05, 4.69) is 11.9 Å². The van der Waals surface area contributed by atoms with E-state index >= 15 is 0 Å². The Balaban J connectivity index is 2.06. The summed E-state index contributed by atoms with van der Waals surface area (Å²) in [5, 5.41) is 3.22. The number of hydrogen-bond acceptors (Lipinski definition) is 4. The van der Waals surface area contributed by atoms with E-state index in [-0.39, 0.29) is 30.2 Å². The zero-order chi connectivity index (χ0) is 21.1. The van der Waals surface area contributed by atoms with Crippen LogP contribution in [0.15, 0.2) is 60.8 Å². The van der Waals surface area contributed by atoms with Crippen LogP contribution in [-0.4, -0.2) is 29.4 Å².